The van der Waals surface area contributed by atoms with E-state index in [0.717, 1.165) is 17.5 Å². The highest BCUT2D eigenvalue weighted by atomic mass is 32.2. The van der Waals surface area contributed by atoms with E-state index < -0.39 is 27.7 Å². The molecule has 1 atom stereocenters. The lowest BCUT2D eigenvalue weighted by atomic mass is 10.0. The third-order valence-electron chi connectivity index (χ3n) is 5.15. The number of carbonyl (C=O) groups excluding carboxylic acids is 2. The minimum absolute atomic E-state index is 0.000645. The zero-order valence-electron chi connectivity index (χ0n) is 17.4. The smallest absolute Gasteiger partial charge is 0.276 e. The Morgan fingerprint density at radius 2 is 1.65 bits per heavy atom. The van der Waals surface area contributed by atoms with Crippen molar-refractivity contribution in [1.29, 1.82) is 0 Å². The molecule has 0 aromatic heterocycles. The summed E-state index contributed by atoms with van der Waals surface area (Å²) >= 11 is 0. The minimum Gasteiger partial charge on any atom is -0.483 e. The molecule has 9 heteroatoms. The summed E-state index contributed by atoms with van der Waals surface area (Å²) in [5.74, 6) is -0.301. The van der Waals surface area contributed by atoms with E-state index in [-0.39, 0.29) is 31.2 Å². The van der Waals surface area contributed by atoms with Crippen LogP contribution >= 0.6 is 0 Å². The second-order valence-electron chi connectivity index (χ2n) is 7.29. The lowest BCUT2D eigenvalue weighted by molar-refractivity contribution is -0.133. The fraction of sp³-hybridized carbons (Fsp3) is 0.364. The maximum absolute atomic E-state index is 12.9. The van der Waals surface area contributed by atoms with E-state index in [1.54, 1.807) is 18.2 Å². The summed E-state index contributed by atoms with van der Waals surface area (Å²) in [7, 11) is -3.08. The predicted octanol–water partition coefficient (Wildman–Crippen LogP) is 1.25. The summed E-state index contributed by atoms with van der Waals surface area (Å²) in [5.41, 5.74) is 6.55. The first kappa shape index (κ1) is 22.8. The van der Waals surface area contributed by atoms with Gasteiger partial charge in [0.15, 0.2) is 16.4 Å². The molecule has 0 bridgehead atoms. The molecule has 1 saturated heterocycles. The van der Waals surface area contributed by atoms with E-state index in [4.69, 9.17) is 4.74 Å². The van der Waals surface area contributed by atoms with Crippen LogP contribution in [0.3, 0.4) is 0 Å². The van der Waals surface area contributed by atoms with Crippen molar-refractivity contribution in [3.8, 4) is 5.75 Å². The van der Waals surface area contributed by atoms with E-state index in [2.05, 4.69) is 10.9 Å². The fourth-order valence-electron chi connectivity index (χ4n) is 3.46. The van der Waals surface area contributed by atoms with E-state index in [1.807, 2.05) is 48.2 Å². The number of nitrogens with one attached hydrogen (secondary N) is 2. The molecule has 166 valence electrons. The molecule has 1 aliphatic rings. The molecule has 1 aliphatic heterocycles. The van der Waals surface area contributed by atoms with E-state index >= 15 is 0 Å². The van der Waals surface area contributed by atoms with Gasteiger partial charge in [-0.05, 0) is 23.6 Å². The molecule has 0 saturated carbocycles. The molecule has 0 spiro atoms. The number of ether oxygens (including phenoxy) is 1. The number of hydrazine groups is 1. The predicted molar refractivity (Wildman–Crippen MR) is 117 cm³/mol. The first-order chi connectivity index (χ1) is 14.9. The topological polar surface area (TPSA) is 105 Å². The Hall–Kier alpha value is -2.91. The maximum Gasteiger partial charge on any atom is 0.276 e. The quantitative estimate of drug-likeness (QED) is 0.622. The number of para-hydroxylation sites is 1. The number of amides is 2. The van der Waals surface area contributed by atoms with Crippen LogP contribution in [-0.2, 0) is 25.8 Å². The Morgan fingerprint density at radius 1 is 1.00 bits per heavy atom. The molecular weight excluding hydrogens is 418 g/mol. The summed E-state index contributed by atoms with van der Waals surface area (Å²) in [6.45, 7) is 2.26. The monoisotopic (exact) mass is 445 g/mol. The van der Waals surface area contributed by atoms with Crippen molar-refractivity contribution in [3.63, 3.8) is 0 Å². The number of sulfone groups is 1. The van der Waals surface area contributed by atoms with Crippen LogP contribution in [-0.4, -0.2) is 56.3 Å². The lowest BCUT2D eigenvalue weighted by Crippen LogP contribution is -2.52. The summed E-state index contributed by atoms with van der Waals surface area (Å²) in [4.78, 5) is 26.9. The van der Waals surface area contributed by atoms with Crippen LogP contribution in [0.4, 0.5) is 0 Å². The Bertz CT molecular complexity index is 997. The van der Waals surface area contributed by atoms with E-state index in [9.17, 15) is 18.0 Å². The number of hydrogen-bond donors (Lipinski definition) is 2. The van der Waals surface area contributed by atoms with Gasteiger partial charge in [-0.25, -0.2) is 8.42 Å². The number of aryl methyl sites for hydroxylation is 1. The summed E-state index contributed by atoms with van der Waals surface area (Å²) in [5, 5.41) is 0. The number of hydrogen-bond acceptors (Lipinski definition) is 6. The Kier molecular flexibility index (Phi) is 7.64. The molecule has 2 N–H and O–H groups in total. The summed E-state index contributed by atoms with van der Waals surface area (Å²) in [6.07, 6.45) is 0.777. The Labute approximate surface area is 182 Å². The van der Waals surface area contributed by atoms with Gasteiger partial charge in [0.1, 0.15) is 11.8 Å². The highest BCUT2D eigenvalue weighted by Crippen LogP contribution is 2.23. The van der Waals surface area contributed by atoms with Gasteiger partial charge in [-0.2, -0.15) is 0 Å². The van der Waals surface area contributed by atoms with Crippen LogP contribution in [0.1, 0.15) is 24.1 Å². The number of nitrogens with zero attached hydrogens (tertiary/aromatic N) is 1. The third kappa shape index (κ3) is 6.28. The van der Waals surface area contributed by atoms with Crippen molar-refractivity contribution in [2.45, 2.75) is 19.4 Å². The van der Waals surface area contributed by atoms with Gasteiger partial charge in [0.2, 0.25) is 0 Å². The van der Waals surface area contributed by atoms with Crippen molar-refractivity contribution in [1.82, 2.24) is 15.8 Å². The molecule has 3 rings (SSSR count). The van der Waals surface area contributed by atoms with Crippen LogP contribution in [0.2, 0.25) is 0 Å². The maximum atomic E-state index is 12.9. The number of benzene rings is 2. The van der Waals surface area contributed by atoms with Gasteiger partial charge in [-0.1, -0.05) is 55.5 Å². The van der Waals surface area contributed by atoms with Gasteiger partial charge in [-0.3, -0.25) is 25.3 Å². The van der Waals surface area contributed by atoms with Crippen molar-refractivity contribution >= 4 is 21.7 Å². The highest BCUT2D eigenvalue weighted by Gasteiger charge is 2.32. The normalized spacial score (nSPS) is 16.8. The van der Waals surface area contributed by atoms with Crippen LogP contribution in [0.5, 0.6) is 5.75 Å². The second-order valence-corrected chi connectivity index (χ2v) is 9.59. The number of carbonyl (C=O) groups is 2. The van der Waals surface area contributed by atoms with Crippen LogP contribution in [0, 0.1) is 0 Å². The first-order valence-electron chi connectivity index (χ1n) is 10.2. The van der Waals surface area contributed by atoms with Gasteiger partial charge in [0, 0.05) is 13.1 Å². The van der Waals surface area contributed by atoms with Gasteiger partial charge in [-0.15, -0.1) is 0 Å². The SMILES string of the molecule is CCc1ccccc1OCC(=O)NNC(=O)C(c1ccccc1)N1CCS(=O)(=O)CC1. The highest BCUT2D eigenvalue weighted by molar-refractivity contribution is 7.91. The van der Waals surface area contributed by atoms with E-state index in [0.29, 0.717) is 5.75 Å². The van der Waals surface area contributed by atoms with Gasteiger partial charge >= 0.3 is 0 Å². The molecule has 2 aromatic rings. The molecular formula is C22H27N3O5S. The fourth-order valence-corrected chi connectivity index (χ4v) is 4.69. The van der Waals surface area contributed by atoms with Gasteiger partial charge in [0.25, 0.3) is 11.8 Å². The molecule has 31 heavy (non-hydrogen) atoms. The Balaban J connectivity index is 1.60. The van der Waals surface area contributed by atoms with Gasteiger partial charge in [0.05, 0.1) is 11.5 Å². The van der Waals surface area contributed by atoms with Crippen LogP contribution < -0.4 is 15.6 Å². The standard InChI is InChI=1S/C22H27N3O5S/c1-2-17-8-6-7-11-19(17)30-16-20(26)23-24-22(27)21(18-9-4-3-5-10-18)25-12-14-31(28,29)15-13-25/h3-11,21H,2,12-16H2,1H3,(H,23,26)(H,24,27). The summed E-state index contributed by atoms with van der Waals surface area (Å²) < 4.78 is 29.1. The first-order valence-corrected chi connectivity index (χ1v) is 12.0. The third-order valence-corrected chi connectivity index (χ3v) is 6.75. The largest absolute Gasteiger partial charge is 0.483 e. The Morgan fingerprint density at radius 3 is 2.32 bits per heavy atom. The summed E-state index contributed by atoms with van der Waals surface area (Å²) in [6, 6.07) is 15.8. The molecule has 1 fully saturated rings. The minimum atomic E-state index is -3.08. The average Bonchev–Trinajstić information content (AvgIpc) is 2.78. The molecule has 0 aliphatic carbocycles. The molecule has 2 aromatic carbocycles. The second kappa shape index (κ2) is 10.4. The van der Waals surface area contributed by atoms with Crippen molar-refractivity contribution < 1.29 is 22.7 Å². The molecule has 8 nitrogen and oxygen atoms in total. The zero-order valence-corrected chi connectivity index (χ0v) is 18.2. The number of rotatable bonds is 7. The van der Waals surface area contributed by atoms with E-state index in [1.165, 1.54) is 0 Å². The molecule has 1 heterocycles. The molecule has 0 radical (unpaired) electrons. The zero-order chi connectivity index (χ0) is 22.3. The van der Waals surface area contributed by atoms with Gasteiger partial charge < -0.3 is 4.74 Å². The van der Waals surface area contributed by atoms with Crippen LogP contribution in [0.15, 0.2) is 54.6 Å². The average molecular weight is 446 g/mol. The molecule has 2 amide bonds. The lowest BCUT2D eigenvalue weighted by Gasteiger charge is -2.33. The molecule has 1 unspecified atom stereocenters. The van der Waals surface area contributed by atoms with Crippen molar-refractivity contribution in [2.24, 2.45) is 0 Å². The van der Waals surface area contributed by atoms with Crippen LogP contribution in [0.25, 0.3) is 0 Å². The van der Waals surface area contributed by atoms with Crippen molar-refractivity contribution in [2.75, 3.05) is 31.2 Å². The van der Waals surface area contributed by atoms with Crippen molar-refractivity contribution in [3.05, 3.63) is 65.7 Å².